The van der Waals surface area contributed by atoms with Crippen LogP contribution in [0.4, 0.5) is 16.3 Å². The van der Waals surface area contributed by atoms with Gasteiger partial charge in [-0.2, -0.15) is 19.6 Å². The molecule has 0 aliphatic carbocycles. The molecule has 236 valence electrons. The molecule has 2 saturated heterocycles. The summed E-state index contributed by atoms with van der Waals surface area (Å²) in [4.78, 5) is 38.8. The molecule has 5 rings (SSSR count). The monoisotopic (exact) mass is 606 g/mol. The molecule has 3 aromatic rings. The molecule has 4 heterocycles. The van der Waals surface area contributed by atoms with Crippen molar-refractivity contribution < 1.29 is 18.7 Å². The number of nitrogens with zero attached hydrogens (tertiary/aromatic N) is 6. The Bertz CT molecular complexity index is 1500. The molecule has 2 fully saturated rings. The molecule has 1 unspecified atom stereocenters. The fraction of sp³-hybridized carbons (Fsp3) is 0.531. The van der Waals surface area contributed by atoms with Gasteiger partial charge in [0.25, 0.3) is 0 Å². The highest BCUT2D eigenvalue weighted by Crippen LogP contribution is 2.24. The van der Waals surface area contributed by atoms with E-state index in [0.29, 0.717) is 62.4 Å². The third kappa shape index (κ3) is 7.78. The zero-order valence-electron chi connectivity index (χ0n) is 26.1. The van der Waals surface area contributed by atoms with Crippen molar-refractivity contribution in [3.63, 3.8) is 0 Å². The summed E-state index contributed by atoms with van der Waals surface area (Å²) in [6.07, 6.45) is 7.76. The van der Waals surface area contributed by atoms with Crippen LogP contribution >= 0.6 is 0 Å². The maximum Gasteiger partial charge on any atom is 0.246 e. The van der Waals surface area contributed by atoms with Crippen LogP contribution in [0.3, 0.4) is 0 Å². The summed E-state index contributed by atoms with van der Waals surface area (Å²) in [6, 6.07) is 4.99. The SMILES string of the molecule is CC(C)c1cnn2c(NCc3cc(CC(=O)C4CCN(C(=O)/C=C/CN(C)C)C4)ccc3F)nc(NC3CCOCC3)nc12. The molecule has 0 radical (unpaired) electrons. The molecular weight excluding hydrogens is 563 g/mol. The summed E-state index contributed by atoms with van der Waals surface area (Å²) in [7, 11) is 3.88. The number of ether oxygens (including phenoxy) is 1. The Kier molecular flexibility index (Phi) is 10.2. The van der Waals surface area contributed by atoms with Gasteiger partial charge >= 0.3 is 0 Å². The van der Waals surface area contributed by atoms with Crippen molar-refractivity contribution in [3.05, 3.63) is 59.1 Å². The Morgan fingerprint density at radius 1 is 1.18 bits per heavy atom. The van der Waals surface area contributed by atoms with Crippen molar-refractivity contribution in [2.24, 2.45) is 5.92 Å². The third-order valence-corrected chi connectivity index (χ3v) is 8.18. The first-order valence-electron chi connectivity index (χ1n) is 15.4. The number of ketones is 1. The fourth-order valence-corrected chi connectivity index (χ4v) is 5.59. The number of fused-ring (bicyclic) bond motifs is 1. The first-order chi connectivity index (χ1) is 21.2. The van der Waals surface area contributed by atoms with Crippen LogP contribution in [-0.4, -0.2) is 94.1 Å². The number of hydrogen-bond acceptors (Lipinski definition) is 9. The van der Waals surface area contributed by atoms with Gasteiger partial charge < -0.3 is 25.2 Å². The molecule has 44 heavy (non-hydrogen) atoms. The summed E-state index contributed by atoms with van der Waals surface area (Å²) in [5, 5.41) is 11.2. The summed E-state index contributed by atoms with van der Waals surface area (Å²) >= 11 is 0. The molecule has 2 N–H and O–H groups in total. The number of aromatic nitrogens is 4. The van der Waals surface area contributed by atoms with E-state index in [4.69, 9.17) is 14.7 Å². The zero-order chi connectivity index (χ0) is 31.2. The van der Waals surface area contributed by atoms with E-state index in [1.165, 1.54) is 6.07 Å². The summed E-state index contributed by atoms with van der Waals surface area (Å²) in [5.74, 6) is 0.549. The van der Waals surface area contributed by atoms with Crippen LogP contribution in [0.25, 0.3) is 5.65 Å². The second kappa shape index (κ2) is 14.3. The number of Topliss-reactive ketones (excluding diaryl/α,β-unsaturated/α-hetero) is 1. The molecule has 1 atom stereocenters. The molecule has 2 aliphatic rings. The number of carbonyl (C=O) groups excluding carboxylic acids is 2. The first kappa shape index (κ1) is 31.5. The first-order valence-corrected chi connectivity index (χ1v) is 15.4. The largest absolute Gasteiger partial charge is 0.381 e. The van der Waals surface area contributed by atoms with Crippen molar-refractivity contribution in [2.45, 2.75) is 58.0 Å². The molecule has 12 heteroatoms. The van der Waals surface area contributed by atoms with Crippen molar-refractivity contribution in [3.8, 4) is 0 Å². The lowest BCUT2D eigenvalue weighted by Gasteiger charge is -2.23. The predicted octanol–water partition coefficient (Wildman–Crippen LogP) is 3.67. The Morgan fingerprint density at radius 3 is 2.73 bits per heavy atom. The van der Waals surface area contributed by atoms with Crippen molar-refractivity contribution in [1.29, 1.82) is 0 Å². The number of benzene rings is 1. The van der Waals surface area contributed by atoms with E-state index in [-0.39, 0.29) is 48.4 Å². The van der Waals surface area contributed by atoms with Crippen LogP contribution in [0.5, 0.6) is 0 Å². The Hall–Kier alpha value is -3.90. The van der Waals surface area contributed by atoms with Crippen molar-refractivity contribution in [2.75, 3.05) is 57.6 Å². The Morgan fingerprint density at radius 2 is 1.98 bits per heavy atom. The van der Waals surface area contributed by atoms with Gasteiger partial charge in [0.15, 0.2) is 5.65 Å². The average Bonchev–Trinajstić information content (AvgIpc) is 3.66. The number of rotatable bonds is 12. The van der Waals surface area contributed by atoms with Crippen LogP contribution < -0.4 is 10.6 Å². The Balaban J connectivity index is 1.26. The molecule has 0 saturated carbocycles. The number of likely N-dealkylation sites (tertiary alicyclic amines) is 1. The number of anilines is 2. The molecule has 1 aromatic carbocycles. The maximum atomic E-state index is 15.0. The van der Waals surface area contributed by atoms with Gasteiger partial charge in [-0.15, -0.1) is 0 Å². The summed E-state index contributed by atoms with van der Waals surface area (Å²) in [5.41, 5.74) is 2.85. The van der Waals surface area contributed by atoms with Gasteiger partial charge in [0.1, 0.15) is 11.6 Å². The van der Waals surface area contributed by atoms with E-state index in [0.717, 1.165) is 24.0 Å². The van der Waals surface area contributed by atoms with Gasteiger partial charge in [-0.05, 0) is 50.9 Å². The second-order valence-electron chi connectivity index (χ2n) is 12.2. The minimum Gasteiger partial charge on any atom is -0.381 e. The van der Waals surface area contributed by atoms with Crippen molar-refractivity contribution >= 4 is 29.2 Å². The number of amides is 1. The van der Waals surface area contributed by atoms with E-state index < -0.39 is 0 Å². The number of halogens is 1. The van der Waals surface area contributed by atoms with Gasteiger partial charge in [-0.3, -0.25) is 9.59 Å². The lowest BCUT2D eigenvalue weighted by molar-refractivity contribution is -0.125. The standard InChI is InChI=1S/C32H43FN8O3/c1-21(2)26-19-35-41-30(26)37-31(36-25-10-14-44-15-11-25)38-32(41)34-18-24-16-22(7-8-27(24)33)17-28(42)23-9-13-40(20-23)29(43)6-5-12-39(3)4/h5-8,16,19,21,23,25H,9-15,17-18,20H2,1-4H3,(H2,34,36,37,38)/b6-5+. The minimum absolute atomic E-state index is 0.0576. The highest BCUT2D eigenvalue weighted by molar-refractivity contribution is 5.89. The molecule has 1 amide bonds. The van der Waals surface area contributed by atoms with E-state index in [9.17, 15) is 14.0 Å². The smallest absolute Gasteiger partial charge is 0.246 e. The van der Waals surface area contributed by atoms with Crippen LogP contribution in [0.2, 0.25) is 0 Å². The number of hydrogen-bond donors (Lipinski definition) is 2. The van der Waals surface area contributed by atoms with Crippen molar-refractivity contribution in [1.82, 2.24) is 29.4 Å². The van der Waals surface area contributed by atoms with E-state index in [1.807, 2.05) is 25.1 Å². The average molecular weight is 607 g/mol. The fourth-order valence-electron chi connectivity index (χ4n) is 5.59. The Labute approximate surface area is 257 Å². The summed E-state index contributed by atoms with van der Waals surface area (Å²) < 4.78 is 22.1. The van der Waals surface area contributed by atoms with E-state index >= 15 is 0 Å². The van der Waals surface area contributed by atoms with Gasteiger partial charge in [-0.1, -0.05) is 32.1 Å². The maximum absolute atomic E-state index is 15.0. The zero-order valence-corrected chi connectivity index (χ0v) is 26.1. The number of nitrogens with one attached hydrogen (secondary N) is 2. The van der Waals surface area contributed by atoms with Gasteiger partial charge in [0.2, 0.25) is 17.8 Å². The molecule has 2 aliphatic heterocycles. The van der Waals surface area contributed by atoms with Gasteiger partial charge in [0, 0.05) is 75.0 Å². The normalized spacial score (nSPS) is 17.8. The lowest BCUT2D eigenvalue weighted by atomic mass is 9.96. The molecule has 0 spiro atoms. The quantitative estimate of drug-likeness (QED) is 0.298. The van der Waals surface area contributed by atoms with Crippen LogP contribution in [0.15, 0.2) is 36.5 Å². The molecule has 0 bridgehead atoms. The van der Waals surface area contributed by atoms with E-state index in [1.54, 1.807) is 33.8 Å². The summed E-state index contributed by atoms with van der Waals surface area (Å²) in [6.45, 7) is 7.37. The topological polar surface area (TPSA) is 117 Å². The third-order valence-electron chi connectivity index (χ3n) is 8.18. The van der Waals surface area contributed by atoms with Gasteiger partial charge in [0.05, 0.1) is 6.20 Å². The highest BCUT2D eigenvalue weighted by Gasteiger charge is 2.30. The number of carbonyl (C=O) groups is 2. The molecular formula is C32H43FN8O3. The molecule has 2 aromatic heterocycles. The predicted molar refractivity (Wildman–Crippen MR) is 167 cm³/mol. The van der Waals surface area contributed by atoms with Crippen LogP contribution in [0, 0.1) is 11.7 Å². The van der Waals surface area contributed by atoms with E-state index in [2.05, 4.69) is 29.6 Å². The highest BCUT2D eigenvalue weighted by atomic mass is 19.1. The molecule has 11 nitrogen and oxygen atoms in total. The number of likely N-dealkylation sites (N-methyl/N-ethyl adjacent to an activating group) is 1. The minimum atomic E-state index is -0.370. The second-order valence-corrected chi connectivity index (χ2v) is 12.2. The lowest BCUT2D eigenvalue weighted by Crippen LogP contribution is -2.29. The van der Waals surface area contributed by atoms with Crippen LogP contribution in [-0.2, 0) is 27.3 Å². The van der Waals surface area contributed by atoms with Crippen LogP contribution in [0.1, 0.15) is 55.7 Å². The van der Waals surface area contributed by atoms with Gasteiger partial charge in [-0.25, -0.2) is 4.39 Å².